The Morgan fingerprint density at radius 2 is 1.60 bits per heavy atom. The quantitative estimate of drug-likeness (QED) is 0.537. The number of hydrogen-bond donors (Lipinski definition) is 0. The zero-order chi connectivity index (χ0) is 15.3. The van der Waals surface area contributed by atoms with Crippen LogP contribution in [0.3, 0.4) is 0 Å². The van der Waals surface area contributed by atoms with E-state index in [0.717, 1.165) is 19.3 Å². The molecule has 0 spiro atoms. The maximum Gasteiger partial charge on any atom is -0.00638 e. The summed E-state index contributed by atoms with van der Waals surface area (Å²) < 4.78 is 0. The molecule has 0 N–H and O–H groups in total. The molecule has 0 aliphatic rings. The lowest BCUT2D eigenvalue weighted by Crippen LogP contribution is -1.98. The monoisotopic (exact) mass is 270 g/mol. The van der Waals surface area contributed by atoms with E-state index in [1.54, 1.807) is 0 Å². The van der Waals surface area contributed by atoms with Crippen molar-refractivity contribution in [3.8, 4) is 0 Å². The molecule has 0 saturated carbocycles. The minimum atomic E-state index is 1.05. The Morgan fingerprint density at radius 1 is 1.05 bits per heavy atom. The van der Waals surface area contributed by atoms with E-state index in [1.165, 1.54) is 45.4 Å². The second-order valence-electron chi connectivity index (χ2n) is 6.00. The Hall–Kier alpha value is -1.30. The number of rotatable bonds is 6. The maximum atomic E-state index is 4.27. The summed E-state index contributed by atoms with van der Waals surface area (Å²) in [6, 6.07) is 4.67. The minimum absolute atomic E-state index is 1.05. The summed E-state index contributed by atoms with van der Waals surface area (Å²) in [5, 5.41) is 0. The summed E-state index contributed by atoms with van der Waals surface area (Å²) >= 11 is 0. The Labute approximate surface area is 125 Å². The average molecular weight is 270 g/mol. The summed E-state index contributed by atoms with van der Waals surface area (Å²) in [7, 11) is 0. The molecule has 20 heavy (non-hydrogen) atoms. The van der Waals surface area contributed by atoms with E-state index in [9.17, 15) is 0 Å². The molecule has 0 unspecified atom stereocenters. The summed E-state index contributed by atoms with van der Waals surface area (Å²) in [5.74, 6) is 0. The maximum absolute atomic E-state index is 4.27. The first-order valence-corrected chi connectivity index (χ1v) is 7.84. The van der Waals surface area contributed by atoms with Crippen LogP contribution in [0.1, 0.15) is 62.3 Å². The molecule has 110 valence electrons. The van der Waals surface area contributed by atoms with Gasteiger partial charge in [-0.15, -0.1) is 0 Å². The lowest BCUT2D eigenvalue weighted by atomic mass is 9.91. The third-order valence-electron chi connectivity index (χ3n) is 4.30. The van der Waals surface area contributed by atoms with E-state index in [1.807, 2.05) is 0 Å². The molecule has 0 radical (unpaired) electrons. The summed E-state index contributed by atoms with van der Waals surface area (Å²) in [6.45, 7) is 17.6. The predicted octanol–water partition coefficient (Wildman–Crippen LogP) is 6.24. The standard InChI is InChI=1S/C20H30/c1-8-10-14(3)20(9-2)17(6)13-19-11-15(4)18(7)16(5)12-19/h11-12H,3,8-10,13H2,1-2,4-7H3/b20-17-. The Kier molecular flexibility index (Phi) is 6.26. The smallest absolute Gasteiger partial charge is 0.00638 e. The van der Waals surface area contributed by atoms with Gasteiger partial charge in [-0.05, 0) is 74.8 Å². The molecule has 0 heteroatoms. The van der Waals surface area contributed by atoms with E-state index in [0.29, 0.717) is 0 Å². The van der Waals surface area contributed by atoms with Crippen molar-refractivity contribution in [2.24, 2.45) is 0 Å². The molecular weight excluding hydrogens is 240 g/mol. The van der Waals surface area contributed by atoms with Crippen molar-refractivity contribution < 1.29 is 0 Å². The fourth-order valence-corrected chi connectivity index (χ4v) is 2.95. The minimum Gasteiger partial charge on any atom is -0.0956 e. The molecule has 0 saturated heterocycles. The number of benzene rings is 1. The normalized spacial score (nSPS) is 12.3. The highest BCUT2D eigenvalue weighted by atomic mass is 14.1. The molecular formula is C20H30. The SMILES string of the molecule is C=C(CCC)/C(CC)=C(/C)Cc1cc(C)c(C)c(C)c1. The molecule has 1 aromatic carbocycles. The molecule has 1 rings (SSSR count). The third kappa shape index (κ3) is 4.10. The Morgan fingerprint density at radius 3 is 2.05 bits per heavy atom. The number of hydrogen-bond acceptors (Lipinski definition) is 0. The van der Waals surface area contributed by atoms with Crippen LogP contribution in [0.4, 0.5) is 0 Å². The van der Waals surface area contributed by atoms with E-state index >= 15 is 0 Å². The highest BCUT2D eigenvalue weighted by molar-refractivity contribution is 5.40. The van der Waals surface area contributed by atoms with Gasteiger partial charge in [0.25, 0.3) is 0 Å². The Balaban J connectivity index is 3.04. The van der Waals surface area contributed by atoms with Gasteiger partial charge in [0.15, 0.2) is 0 Å². The van der Waals surface area contributed by atoms with Crippen molar-refractivity contribution in [3.63, 3.8) is 0 Å². The molecule has 0 bridgehead atoms. The predicted molar refractivity (Wildman–Crippen MR) is 91.4 cm³/mol. The van der Waals surface area contributed by atoms with Gasteiger partial charge in [-0.25, -0.2) is 0 Å². The molecule has 0 aliphatic heterocycles. The van der Waals surface area contributed by atoms with E-state index in [2.05, 4.69) is 60.3 Å². The lowest BCUT2D eigenvalue weighted by molar-refractivity contribution is 0.882. The van der Waals surface area contributed by atoms with E-state index < -0.39 is 0 Å². The van der Waals surface area contributed by atoms with Gasteiger partial charge >= 0.3 is 0 Å². The first-order chi connectivity index (χ1) is 9.40. The van der Waals surface area contributed by atoms with Crippen LogP contribution in [0.25, 0.3) is 0 Å². The van der Waals surface area contributed by atoms with Crippen LogP contribution < -0.4 is 0 Å². The largest absolute Gasteiger partial charge is 0.0956 e. The van der Waals surface area contributed by atoms with Crippen molar-refractivity contribution >= 4 is 0 Å². The molecule has 0 nitrogen and oxygen atoms in total. The van der Waals surface area contributed by atoms with Gasteiger partial charge < -0.3 is 0 Å². The highest BCUT2D eigenvalue weighted by Gasteiger charge is 2.07. The van der Waals surface area contributed by atoms with Crippen LogP contribution in [-0.2, 0) is 6.42 Å². The van der Waals surface area contributed by atoms with Crippen LogP contribution in [0.2, 0.25) is 0 Å². The van der Waals surface area contributed by atoms with Crippen molar-refractivity contribution in [2.45, 2.75) is 67.2 Å². The summed E-state index contributed by atoms with van der Waals surface area (Å²) in [5.41, 5.74) is 9.93. The topological polar surface area (TPSA) is 0 Å². The third-order valence-corrected chi connectivity index (χ3v) is 4.30. The van der Waals surface area contributed by atoms with Crippen LogP contribution in [0.5, 0.6) is 0 Å². The fourth-order valence-electron chi connectivity index (χ4n) is 2.95. The van der Waals surface area contributed by atoms with Gasteiger partial charge in [0.05, 0.1) is 0 Å². The van der Waals surface area contributed by atoms with Crippen LogP contribution in [-0.4, -0.2) is 0 Å². The molecule has 0 aromatic heterocycles. The highest BCUT2D eigenvalue weighted by Crippen LogP contribution is 2.25. The van der Waals surface area contributed by atoms with Crippen LogP contribution in [0, 0.1) is 20.8 Å². The van der Waals surface area contributed by atoms with E-state index in [4.69, 9.17) is 0 Å². The second kappa shape index (κ2) is 7.47. The van der Waals surface area contributed by atoms with Crippen molar-refractivity contribution in [1.29, 1.82) is 0 Å². The molecule has 1 aromatic rings. The molecule has 0 atom stereocenters. The van der Waals surface area contributed by atoms with Crippen LogP contribution >= 0.6 is 0 Å². The molecule has 0 fully saturated rings. The fraction of sp³-hybridized carbons (Fsp3) is 0.500. The van der Waals surface area contributed by atoms with Crippen LogP contribution in [0.15, 0.2) is 35.4 Å². The second-order valence-corrected chi connectivity index (χ2v) is 6.00. The zero-order valence-electron chi connectivity index (χ0n) is 14.2. The first-order valence-electron chi connectivity index (χ1n) is 7.84. The van der Waals surface area contributed by atoms with E-state index in [-0.39, 0.29) is 0 Å². The Bertz CT molecular complexity index is 492. The lowest BCUT2D eigenvalue weighted by Gasteiger charge is -2.15. The van der Waals surface area contributed by atoms with Gasteiger partial charge in [-0.3, -0.25) is 0 Å². The zero-order valence-corrected chi connectivity index (χ0v) is 14.2. The molecule has 0 amide bonds. The van der Waals surface area contributed by atoms with Gasteiger partial charge in [-0.1, -0.05) is 50.1 Å². The van der Waals surface area contributed by atoms with Crippen molar-refractivity contribution in [1.82, 2.24) is 0 Å². The molecule has 0 aliphatic carbocycles. The number of aryl methyl sites for hydroxylation is 2. The van der Waals surface area contributed by atoms with Gasteiger partial charge in [0, 0.05) is 0 Å². The average Bonchev–Trinajstić information content (AvgIpc) is 2.37. The first kappa shape index (κ1) is 16.8. The van der Waals surface area contributed by atoms with Crippen molar-refractivity contribution in [3.05, 3.63) is 57.7 Å². The molecule has 0 heterocycles. The van der Waals surface area contributed by atoms with Gasteiger partial charge in [-0.2, -0.15) is 0 Å². The summed E-state index contributed by atoms with van der Waals surface area (Å²) in [4.78, 5) is 0. The van der Waals surface area contributed by atoms with Gasteiger partial charge in [0.2, 0.25) is 0 Å². The van der Waals surface area contributed by atoms with Crippen molar-refractivity contribution in [2.75, 3.05) is 0 Å². The summed E-state index contributed by atoms with van der Waals surface area (Å²) in [6.07, 6.45) is 4.44. The van der Waals surface area contributed by atoms with Gasteiger partial charge in [0.1, 0.15) is 0 Å². The number of allylic oxidation sites excluding steroid dienone is 3.